The Labute approximate surface area is 173 Å². The molecule has 0 spiro atoms. The Morgan fingerprint density at radius 2 is 1.52 bits per heavy atom. The van der Waals surface area contributed by atoms with Crippen LogP contribution in [0.5, 0.6) is 0 Å². The van der Waals surface area contributed by atoms with Gasteiger partial charge in [0.25, 0.3) is 0 Å². The van der Waals surface area contributed by atoms with E-state index in [0.717, 1.165) is 5.56 Å². The molecule has 0 aliphatic heterocycles. The van der Waals surface area contributed by atoms with Gasteiger partial charge < -0.3 is 5.32 Å². The van der Waals surface area contributed by atoms with Gasteiger partial charge in [-0.05, 0) is 24.6 Å². The molecule has 156 valence electrons. The van der Waals surface area contributed by atoms with Crippen LogP contribution in [0.15, 0.2) is 59.5 Å². The van der Waals surface area contributed by atoms with Gasteiger partial charge in [0, 0.05) is 31.5 Å². The molecule has 0 fully saturated rings. The molecule has 2 aromatic carbocycles. The van der Waals surface area contributed by atoms with Crippen molar-refractivity contribution in [3.63, 3.8) is 0 Å². The molecule has 1 N–H and O–H groups in total. The van der Waals surface area contributed by atoms with Gasteiger partial charge in [0.15, 0.2) is 5.78 Å². The van der Waals surface area contributed by atoms with E-state index in [1.807, 2.05) is 13.0 Å². The number of sulfonamides is 1. The van der Waals surface area contributed by atoms with E-state index in [1.165, 1.54) is 4.31 Å². The fourth-order valence-electron chi connectivity index (χ4n) is 3.03. The van der Waals surface area contributed by atoms with Crippen LogP contribution in [0.25, 0.3) is 0 Å². The molecule has 0 radical (unpaired) electrons. The third-order valence-electron chi connectivity index (χ3n) is 4.78. The van der Waals surface area contributed by atoms with Crippen LogP contribution >= 0.6 is 0 Å². The van der Waals surface area contributed by atoms with Crippen molar-refractivity contribution < 1.29 is 18.0 Å². The highest BCUT2D eigenvalue weighted by Gasteiger charge is 2.21. The Bertz CT molecular complexity index is 921. The first-order chi connectivity index (χ1) is 13.8. The molecule has 1 unspecified atom stereocenters. The number of hydrogen-bond acceptors (Lipinski definition) is 4. The standard InChI is InChI=1S/C22H28N2O4S/c1-4-24(5-2)29(27,28)20-13-11-18(12-14-20)17(3)23-22(26)16-15-21(25)19-9-7-6-8-10-19/h6-14,17H,4-5,15-16H2,1-3H3,(H,23,26). The molecule has 0 heterocycles. The number of rotatable bonds is 10. The van der Waals surface area contributed by atoms with Gasteiger partial charge in [-0.15, -0.1) is 0 Å². The van der Waals surface area contributed by atoms with Crippen LogP contribution in [-0.2, 0) is 14.8 Å². The van der Waals surface area contributed by atoms with Gasteiger partial charge in [-0.3, -0.25) is 9.59 Å². The van der Waals surface area contributed by atoms with Gasteiger partial charge in [0.1, 0.15) is 0 Å². The summed E-state index contributed by atoms with van der Waals surface area (Å²) >= 11 is 0. The van der Waals surface area contributed by atoms with Crippen molar-refractivity contribution in [3.05, 3.63) is 65.7 Å². The maximum Gasteiger partial charge on any atom is 0.243 e. The topological polar surface area (TPSA) is 83.6 Å². The van der Waals surface area contributed by atoms with E-state index in [9.17, 15) is 18.0 Å². The molecule has 7 heteroatoms. The van der Waals surface area contributed by atoms with Crippen molar-refractivity contribution in [3.8, 4) is 0 Å². The SMILES string of the molecule is CCN(CC)S(=O)(=O)c1ccc(C(C)NC(=O)CCC(=O)c2ccccc2)cc1. The number of benzene rings is 2. The fraction of sp³-hybridized carbons (Fsp3) is 0.364. The average Bonchev–Trinajstić information content (AvgIpc) is 2.73. The molecule has 0 saturated heterocycles. The summed E-state index contributed by atoms with van der Waals surface area (Å²) in [6.07, 6.45) is 0.246. The third kappa shape index (κ3) is 5.98. The van der Waals surface area contributed by atoms with Gasteiger partial charge in [-0.25, -0.2) is 8.42 Å². The number of nitrogens with zero attached hydrogens (tertiary/aromatic N) is 1. The van der Waals surface area contributed by atoms with Gasteiger partial charge in [0.05, 0.1) is 10.9 Å². The molecular formula is C22H28N2O4S. The van der Waals surface area contributed by atoms with Gasteiger partial charge in [-0.2, -0.15) is 4.31 Å². The van der Waals surface area contributed by atoms with Gasteiger partial charge in [0.2, 0.25) is 15.9 Å². The molecule has 0 aromatic heterocycles. The van der Waals surface area contributed by atoms with Crippen LogP contribution in [-0.4, -0.2) is 37.5 Å². The largest absolute Gasteiger partial charge is 0.350 e. The van der Waals surface area contributed by atoms with E-state index in [4.69, 9.17) is 0 Å². The first-order valence-electron chi connectivity index (χ1n) is 9.77. The molecular weight excluding hydrogens is 388 g/mol. The second kappa shape index (κ2) is 10.3. The number of ketones is 1. The smallest absolute Gasteiger partial charge is 0.243 e. The van der Waals surface area contributed by atoms with Crippen LogP contribution in [0.3, 0.4) is 0 Å². The number of carbonyl (C=O) groups excluding carboxylic acids is 2. The molecule has 29 heavy (non-hydrogen) atoms. The number of carbonyl (C=O) groups is 2. The lowest BCUT2D eigenvalue weighted by atomic mass is 10.1. The lowest BCUT2D eigenvalue weighted by molar-refractivity contribution is -0.121. The molecule has 2 aromatic rings. The summed E-state index contributed by atoms with van der Waals surface area (Å²) in [4.78, 5) is 24.5. The third-order valence-corrected chi connectivity index (χ3v) is 6.84. The highest BCUT2D eigenvalue weighted by atomic mass is 32.2. The van der Waals surface area contributed by atoms with Crippen molar-refractivity contribution in [1.82, 2.24) is 9.62 Å². The van der Waals surface area contributed by atoms with Crippen LogP contribution in [0.1, 0.15) is 55.6 Å². The van der Waals surface area contributed by atoms with E-state index in [-0.39, 0.29) is 35.5 Å². The van der Waals surface area contributed by atoms with Crippen LogP contribution < -0.4 is 5.32 Å². The zero-order valence-corrected chi connectivity index (χ0v) is 17.9. The van der Waals surface area contributed by atoms with Crippen molar-refractivity contribution >= 4 is 21.7 Å². The Balaban J connectivity index is 1.94. The Morgan fingerprint density at radius 1 is 0.931 bits per heavy atom. The summed E-state index contributed by atoms with van der Waals surface area (Å²) in [6, 6.07) is 15.1. The molecule has 0 saturated carbocycles. The summed E-state index contributed by atoms with van der Waals surface area (Å²) in [5, 5.41) is 2.86. The van der Waals surface area contributed by atoms with E-state index in [0.29, 0.717) is 18.7 Å². The quantitative estimate of drug-likeness (QED) is 0.600. The minimum atomic E-state index is -3.50. The monoisotopic (exact) mass is 416 g/mol. The zero-order valence-electron chi connectivity index (χ0n) is 17.1. The lowest BCUT2D eigenvalue weighted by Crippen LogP contribution is -2.30. The number of Topliss-reactive ketones (excluding diaryl/α,β-unsaturated/α-hetero) is 1. The first-order valence-corrected chi connectivity index (χ1v) is 11.2. The lowest BCUT2D eigenvalue weighted by Gasteiger charge is -2.19. The first kappa shape index (κ1) is 22.8. The van der Waals surface area contributed by atoms with Crippen LogP contribution in [0, 0.1) is 0 Å². The Morgan fingerprint density at radius 3 is 2.07 bits per heavy atom. The predicted molar refractivity (Wildman–Crippen MR) is 113 cm³/mol. The average molecular weight is 417 g/mol. The predicted octanol–water partition coefficient (Wildman–Crippen LogP) is 3.56. The fourth-order valence-corrected chi connectivity index (χ4v) is 4.49. The van der Waals surface area contributed by atoms with Crippen LogP contribution in [0.4, 0.5) is 0 Å². The zero-order chi connectivity index (χ0) is 21.4. The van der Waals surface area contributed by atoms with Crippen molar-refractivity contribution in [2.45, 2.75) is 44.6 Å². The summed E-state index contributed by atoms with van der Waals surface area (Å²) in [6.45, 7) is 6.25. The summed E-state index contributed by atoms with van der Waals surface area (Å²) in [5.41, 5.74) is 1.39. The molecule has 1 atom stereocenters. The highest BCUT2D eigenvalue weighted by Crippen LogP contribution is 2.19. The van der Waals surface area contributed by atoms with Crippen LogP contribution in [0.2, 0.25) is 0 Å². The highest BCUT2D eigenvalue weighted by molar-refractivity contribution is 7.89. The second-order valence-corrected chi connectivity index (χ2v) is 8.67. The summed E-state index contributed by atoms with van der Waals surface area (Å²) in [7, 11) is -3.50. The van der Waals surface area contributed by atoms with E-state index in [2.05, 4.69) is 5.32 Å². The normalized spacial score (nSPS) is 12.6. The molecule has 6 nitrogen and oxygen atoms in total. The van der Waals surface area contributed by atoms with Crippen molar-refractivity contribution in [2.75, 3.05) is 13.1 Å². The molecule has 0 aliphatic carbocycles. The number of hydrogen-bond donors (Lipinski definition) is 1. The molecule has 2 rings (SSSR count). The van der Waals surface area contributed by atoms with E-state index in [1.54, 1.807) is 62.4 Å². The minimum absolute atomic E-state index is 0.0700. The molecule has 0 bridgehead atoms. The molecule has 0 aliphatic rings. The Hall–Kier alpha value is -2.51. The number of nitrogens with one attached hydrogen (secondary N) is 1. The second-order valence-electron chi connectivity index (χ2n) is 6.74. The number of amides is 1. The van der Waals surface area contributed by atoms with Gasteiger partial charge in [-0.1, -0.05) is 56.3 Å². The maximum atomic E-state index is 12.5. The Kier molecular flexibility index (Phi) is 8.10. The summed E-state index contributed by atoms with van der Waals surface area (Å²) in [5.74, 6) is -0.291. The minimum Gasteiger partial charge on any atom is -0.350 e. The van der Waals surface area contributed by atoms with E-state index >= 15 is 0 Å². The van der Waals surface area contributed by atoms with Crippen molar-refractivity contribution in [1.29, 1.82) is 0 Å². The summed E-state index contributed by atoms with van der Waals surface area (Å²) < 4.78 is 26.5. The van der Waals surface area contributed by atoms with E-state index < -0.39 is 10.0 Å². The van der Waals surface area contributed by atoms with Gasteiger partial charge >= 0.3 is 0 Å². The van der Waals surface area contributed by atoms with Crippen molar-refractivity contribution in [2.24, 2.45) is 0 Å². The molecule has 1 amide bonds. The maximum absolute atomic E-state index is 12.5.